The molecule has 0 nitrogen and oxygen atoms in total. The number of hydrogen-bond acceptors (Lipinski definition) is 0. The third-order valence-corrected chi connectivity index (χ3v) is 4.89. The Balaban J connectivity index is 2.21. The van der Waals surface area contributed by atoms with Gasteiger partial charge in [0, 0.05) is 0 Å². The first-order chi connectivity index (χ1) is 6.64. The van der Waals surface area contributed by atoms with Crippen molar-refractivity contribution in [1.29, 1.82) is 0 Å². The molecule has 2 rings (SSSR count). The molecule has 0 radical (unpaired) electrons. The fourth-order valence-corrected chi connectivity index (χ4v) is 4.07. The molecule has 3 atom stereocenters. The summed E-state index contributed by atoms with van der Waals surface area (Å²) in [5, 5.41) is 0. The summed E-state index contributed by atoms with van der Waals surface area (Å²) in [6, 6.07) is 0. The Labute approximate surface area is 88.8 Å². The lowest BCUT2D eigenvalue weighted by molar-refractivity contribution is 0.0194. The molecule has 2 fully saturated rings. The molecule has 0 spiro atoms. The molecule has 0 amide bonds. The fraction of sp³-hybridized carbons (Fsp3) is 0.857. The molecule has 2 unspecified atom stereocenters. The summed E-state index contributed by atoms with van der Waals surface area (Å²) in [5.41, 5.74) is 2.06. The minimum atomic E-state index is 0.613. The van der Waals surface area contributed by atoms with Crippen LogP contribution in [0, 0.1) is 17.3 Å². The smallest absolute Gasteiger partial charge is 0.0152 e. The molecule has 0 saturated heterocycles. The lowest BCUT2D eigenvalue weighted by atomic mass is 9.54. The van der Waals surface area contributed by atoms with Crippen LogP contribution in [0.15, 0.2) is 12.2 Å². The van der Waals surface area contributed by atoms with E-state index in [1.807, 2.05) is 0 Å². The van der Waals surface area contributed by atoms with Crippen molar-refractivity contribution in [2.45, 2.75) is 58.8 Å². The quantitative estimate of drug-likeness (QED) is 0.534. The van der Waals surface area contributed by atoms with Crippen molar-refractivity contribution >= 4 is 0 Å². The van der Waals surface area contributed by atoms with Crippen LogP contribution in [0.3, 0.4) is 0 Å². The van der Waals surface area contributed by atoms with Crippen LogP contribution in [-0.4, -0.2) is 0 Å². The highest BCUT2D eigenvalue weighted by atomic mass is 14.5. The van der Waals surface area contributed by atoms with Crippen LogP contribution >= 0.6 is 0 Å². The van der Waals surface area contributed by atoms with Crippen LogP contribution in [0.5, 0.6) is 0 Å². The van der Waals surface area contributed by atoms with Crippen LogP contribution in [-0.2, 0) is 0 Å². The minimum absolute atomic E-state index is 0.613. The van der Waals surface area contributed by atoms with E-state index in [-0.39, 0.29) is 0 Å². The van der Waals surface area contributed by atoms with Crippen molar-refractivity contribution in [1.82, 2.24) is 0 Å². The average Bonchev–Trinajstić information content (AvgIpc) is 2.15. The fourth-order valence-electron chi connectivity index (χ4n) is 4.07. The van der Waals surface area contributed by atoms with Crippen molar-refractivity contribution in [3.05, 3.63) is 12.2 Å². The van der Waals surface area contributed by atoms with Crippen LogP contribution in [0.1, 0.15) is 58.8 Å². The Morgan fingerprint density at radius 2 is 1.86 bits per heavy atom. The molecule has 0 aromatic carbocycles. The third kappa shape index (κ3) is 1.53. The van der Waals surface area contributed by atoms with Crippen LogP contribution < -0.4 is 0 Å². The Kier molecular flexibility index (Phi) is 2.72. The molecular formula is C14H24. The van der Waals surface area contributed by atoms with Gasteiger partial charge >= 0.3 is 0 Å². The van der Waals surface area contributed by atoms with Gasteiger partial charge in [-0.15, -0.1) is 0 Å². The first-order valence-electron chi connectivity index (χ1n) is 6.30. The van der Waals surface area contributed by atoms with Crippen molar-refractivity contribution in [3.63, 3.8) is 0 Å². The van der Waals surface area contributed by atoms with E-state index >= 15 is 0 Å². The van der Waals surface area contributed by atoms with Crippen molar-refractivity contribution in [3.8, 4) is 0 Å². The summed E-state index contributed by atoms with van der Waals surface area (Å²) in [6.07, 6.45) is 10.2. The molecule has 2 aliphatic carbocycles. The largest absolute Gasteiger partial charge is 0.0998 e. The van der Waals surface area contributed by atoms with Gasteiger partial charge in [-0.2, -0.15) is 0 Å². The van der Waals surface area contributed by atoms with Crippen molar-refractivity contribution < 1.29 is 0 Å². The molecule has 0 aromatic rings. The maximum atomic E-state index is 4.22. The van der Waals surface area contributed by atoms with E-state index in [1.54, 1.807) is 0 Å². The molecule has 2 saturated carbocycles. The second-order valence-corrected chi connectivity index (χ2v) is 5.78. The second-order valence-electron chi connectivity index (χ2n) is 5.78. The topological polar surface area (TPSA) is 0 Å². The predicted molar refractivity (Wildman–Crippen MR) is 62.2 cm³/mol. The zero-order valence-corrected chi connectivity index (χ0v) is 9.81. The molecular weight excluding hydrogens is 168 g/mol. The minimum Gasteiger partial charge on any atom is -0.0998 e. The molecule has 0 heteroatoms. The molecule has 80 valence electrons. The first-order valence-corrected chi connectivity index (χ1v) is 6.30. The van der Waals surface area contributed by atoms with Crippen LogP contribution in [0.4, 0.5) is 0 Å². The summed E-state index contributed by atoms with van der Waals surface area (Å²) in [5.74, 6) is 1.83. The lowest BCUT2D eigenvalue weighted by Gasteiger charge is -2.51. The normalized spacial score (nSPS) is 43.0. The Hall–Kier alpha value is -0.260. The number of allylic oxidation sites excluding steroid dienone is 1. The Morgan fingerprint density at radius 1 is 1.14 bits per heavy atom. The van der Waals surface area contributed by atoms with Crippen molar-refractivity contribution in [2.75, 3.05) is 0 Å². The highest BCUT2D eigenvalue weighted by molar-refractivity contribution is 5.08. The zero-order chi connectivity index (χ0) is 10.2. The highest BCUT2D eigenvalue weighted by Crippen LogP contribution is 2.55. The molecule has 0 bridgehead atoms. The summed E-state index contributed by atoms with van der Waals surface area (Å²) in [7, 11) is 0. The van der Waals surface area contributed by atoms with Gasteiger partial charge in [-0.3, -0.25) is 0 Å². The van der Waals surface area contributed by atoms with E-state index in [9.17, 15) is 0 Å². The van der Waals surface area contributed by atoms with Crippen LogP contribution in [0.2, 0.25) is 0 Å². The number of rotatable bonds is 1. The molecule has 0 aliphatic heterocycles. The van der Waals surface area contributed by atoms with E-state index in [4.69, 9.17) is 0 Å². The monoisotopic (exact) mass is 192 g/mol. The van der Waals surface area contributed by atoms with Gasteiger partial charge in [-0.05, 0) is 49.9 Å². The molecule has 0 aromatic heterocycles. The number of hydrogen-bond donors (Lipinski definition) is 0. The van der Waals surface area contributed by atoms with E-state index in [0.717, 1.165) is 11.8 Å². The van der Waals surface area contributed by atoms with Gasteiger partial charge in [0.25, 0.3) is 0 Å². The van der Waals surface area contributed by atoms with Gasteiger partial charge in [0.1, 0.15) is 0 Å². The maximum absolute atomic E-state index is 4.22. The van der Waals surface area contributed by atoms with Crippen LogP contribution in [0.25, 0.3) is 0 Å². The summed E-state index contributed by atoms with van der Waals surface area (Å²) in [4.78, 5) is 0. The lowest BCUT2D eigenvalue weighted by Crippen LogP contribution is -2.41. The maximum Gasteiger partial charge on any atom is -0.0152 e. The summed E-state index contributed by atoms with van der Waals surface area (Å²) in [6.45, 7) is 9.00. The van der Waals surface area contributed by atoms with Gasteiger partial charge in [0.2, 0.25) is 0 Å². The first kappa shape index (κ1) is 10.3. The van der Waals surface area contributed by atoms with Gasteiger partial charge in [-0.1, -0.05) is 38.3 Å². The van der Waals surface area contributed by atoms with E-state index in [1.165, 1.54) is 50.5 Å². The van der Waals surface area contributed by atoms with Gasteiger partial charge in [0.05, 0.1) is 0 Å². The Morgan fingerprint density at radius 3 is 2.57 bits per heavy atom. The third-order valence-electron chi connectivity index (χ3n) is 4.89. The second kappa shape index (κ2) is 3.72. The SMILES string of the molecule is C=C(C)C1CCCC2CCCC[C@@]21C. The predicted octanol–water partition coefficient (Wildman–Crippen LogP) is 4.56. The number of fused-ring (bicyclic) bond motifs is 1. The highest BCUT2D eigenvalue weighted by Gasteiger charge is 2.44. The molecule has 2 aliphatic rings. The summed E-state index contributed by atoms with van der Waals surface area (Å²) < 4.78 is 0. The van der Waals surface area contributed by atoms with Gasteiger partial charge in [0.15, 0.2) is 0 Å². The standard InChI is InChI=1S/C14H24/c1-11(2)13-9-6-8-12-7-4-5-10-14(12,13)3/h12-13H,1,4-10H2,2-3H3/t12?,13?,14-/m0/s1. The molecule has 0 heterocycles. The van der Waals surface area contributed by atoms with E-state index < -0.39 is 0 Å². The average molecular weight is 192 g/mol. The molecule has 14 heavy (non-hydrogen) atoms. The summed E-state index contributed by atoms with van der Waals surface area (Å²) >= 11 is 0. The molecule has 0 N–H and O–H groups in total. The van der Waals surface area contributed by atoms with E-state index in [0.29, 0.717) is 5.41 Å². The van der Waals surface area contributed by atoms with E-state index in [2.05, 4.69) is 20.4 Å². The van der Waals surface area contributed by atoms with Crippen molar-refractivity contribution in [2.24, 2.45) is 17.3 Å². The zero-order valence-electron chi connectivity index (χ0n) is 9.81. The van der Waals surface area contributed by atoms with Gasteiger partial charge < -0.3 is 0 Å². The Bertz CT molecular complexity index is 226. The van der Waals surface area contributed by atoms with Gasteiger partial charge in [-0.25, -0.2) is 0 Å².